The molecule has 1 aromatic heterocycles. The monoisotopic (exact) mass is 218 g/mol. The van der Waals surface area contributed by atoms with E-state index in [1.165, 1.54) is 16.6 Å². The van der Waals surface area contributed by atoms with Crippen LogP contribution < -0.4 is 5.32 Å². The Hall–Kier alpha value is -1.32. The minimum absolute atomic E-state index is 0.199. The average molecular weight is 218 g/mol. The molecule has 2 rings (SSSR count). The van der Waals surface area contributed by atoms with Crippen molar-refractivity contribution in [1.82, 2.24) is 10.3 Å². The second-order valence-corrected chi connectivity index (χ2v) is 4.06. The van der Waals surface area contributed by atoms with E-state index in [4.69, 9.17) is 5.11 Å². The number of aromatic nitrogens is 1. The number of hydrogen-bond acceptors (Lipinski definition) is 2. The van der Waals surface area contributed by atoms with Crippen LogP contribution in [0.15, 0.2) is 24.3 Å². The highest BCUT2D eigenvalue weighted by molar-refractivity contribution is 5.85. The van der Waals surface area contributed by atoms with E-state index in [0.717, 1.165) is 11.9 Å². The van der Waals surface area contributed by atoms with E-state index < -0.39 is 0 Å². The number of hydrogen-bond donors (Lipinski definition) is 3. The maximum atomic E-state index is 9.08. The second kappa shape index (κ2) is 4.68. The van der Waals surface area contributed by atoms with Gasteiger partial charge in [0.15, 0.2) is 0 Å². The molecule has 2 aromatic rings. The number of fused-ring (bicyclic) bond motifs is 1. The molecule has 16 heavy (non-hydrogen) atoms. The predicted octanol–water partition coefficient (Wildman–Crippen LogP) is 2.12. The highest BCUT2D eigenvalue weighted by Crippen LogP contribution is 2.29. The Balaban J connectivity index is 2.53. The fourth-order valence-corrected chi connectivity index (χ4v) is 2.31. The second-order valence-electron chi connectivity index (χ2n) is 4.06. The summed E-state index contributed by atoms with van der Waals surface area (Å²) in [6.45, 7) is 2.28. The summed E-state index contributed by atoms with van der Waals surface area (Å²) >= 11 is 0. The molecule has 3 N–H and O–H groups in total. The first-order valence-corrected chi connectivity index (χ1v) is 5.63. The minimum atomic E-state index is 0.199. The van der Waals surface area contributed by atoms with Crippen LogP contribution in [0.25, 0.3) is 10.9 Å². The molecular weight excluding hydrogens is 200 g/mol. The van der Waals surface area contributed by atoms with Gasteiger partial charge < -0.3 is 15.4 Å². The van der Waals surface area contributed by atoms with E-state index in [2.05, 4.69) is 29.4 Å². The van der Waals surface area contributed by atoms with Crippen molar-refractivity contribution in [1.29, 1.82) is 0 Å². The molecule has 0 saturated carbocycles. The Labute approximate surface area is 95.5 Å². The van der Waals surface area contributed by atoms with E-state index >= 15 is 0 Å². The van der Waals surface area contributed by atoms with E-state index in [1.807, 2.05) is 19.2 Å². The molecule has 0 spiro atoms. The van der Waals surface area contributed by atoms with Crippen molar-refractivity contribution in [2.45, 2.75) is 19.4 Å². The maximum absolute atomic E-state index is 9.08. The molecule has 1 atom stereocenters. The average Bonchev–Trinajstić information content (AvgIpc) is 2.62. The summed E-state index contributed by atoms with van der Waals surface area (Å²) in [7, 11) is 1.93. The molecule has 0 radical (unpaired) electrons. The zero-order valence-corrected chi connectivity index (χ0v) is 9.75. The molecule has 1 aromatic carbocycles. The van der Waals surface area contributed by atoms with Gasteiger partial charge in [-0.2, -0.15) is 0 Å². The van der Waals surface area contributed by atoms with E-state index in [1.54, 1.807) is 0 Å². The summed E-state index contributed by atoms with van der Waals surface area (Å²) in [5.41, 5.74) is 3.61. The summed E-state index contributed by atoms with van der Waals surface area (Å²) < 4.78 is 0. The van der Waals surface area contributed by atoms with Gasteiger partial charge in [-0.25, -0.2) is 0 Å². The van der Waals surface area contributed by atoms with Crippen molar-refractivity contribution < 1.29 is 5.11 Å². The number of aliphatic hydroxyl groups excluding tert-OH is 1. The van der Waals surface area contributed by atoms with Crippen LogP contribution in [0.5, 0.6) is 0 Å². The van der Waals surface area contributed by atoms with E-state index in [0.29, 0.717) is 0 Å². The molecule has 0 aliphatic heterocycles. The van der Waals surface area contributed by atoms with Gasteiger partial charge in [0, 0.05) is 29.2 Å². The molecule has 0 fully saturated rings. The van der Waals surface area contributed by atoms with Crippen molar-refractivity contribution >= 4 is 10.9 Å². The Kier molecular flexibility index (Phi) is 3.27. The van der Waals surface area contributed by atoms with Crippen LogP contribution >= 0.6 is 0 Å². The van der Waals surface area contributed by atoms with Crippen molar-refractivity contribution in [3.8, 4) is 0 Å². The molecule has 3 heteroatoms. The molecule has 0 aliphatic carbocycles. The molecule has 1 unspecified atom stereocenters. The smallest absolute Gasteiger partial charge is 0.0459 e. The lowest BCUT2D eigenvalue weighted by molar-refractivity contribution is 0.269. The van der Waals surface area contributed by atoms with Crippen molar-refractivity contribution in [2.24, 2.45) is 0 Å². The molecular formula is C13H18N2O. The number of aliphatic hydroxyl groups is 1. The number of benzene rings is 1. The topological polar surface area (TPSA) is 48.0 Å². The first kappa shape index (κ1) is 11.2. The van der Waals surface area contributed by atoms with Crippen LogP contribution in [0.1, 0.15) is 23.7 Å². The van der Waals surface area contributed by atoms with Crippen LogP contribution in [0.2, 0.25) is 0 Å². The molecule has 86 valence electrons. The van der Waals surface area contributed by atoms with Crippen molar-refractivity contribution in [3.63, 3.8) is 0 Å². The maximum Gasteiger partial charge on any atom is 0.0459 e. The zero-order valence-electron chi connectivity index (χ0n) is 9.75. The lowest BCUT2D eigenvalue weighted by Gasteiger charge is -2.15. The van der Waals surface area contributed by atoms with Crippen molar-refractivity contribution in [2.75, 3.05) is 13.7 Å². The first-order valence-electron chi connectivity index (χ1n) is 5.63. The first-order chi connectivity index (χ1) is 7.77. The lowest BCUT2D eigenvalue weighted by atomic mass is 10.0. The minimum Gasteiger partial charge on any atom is -0.396 e. The molecule has 0 amide bonds. The summed E-state index contributed by atoms with van der Waals surface area (Å²) in [4.78, 5) is 3.38. The number of aromatic amines is 1. The largest absolute Gasteiger partial charge is 0.396 e. The van der Waals surface area contributed by atoms with E-state index in [9.17, 15) is 0 Å². The highest BCUT2D eigenvalue weighted by atomic mass is 16.3. The third kappa shape index (κ3) is 1.84. The molecule has 0 bridgehead atoms. The Morgan fingerprint density at radius 1 is 1.38 bits per heavy atom. The highest BCUT2D eigenvalue weighted by Gasteiger charge is 2.16. The standard InChI is InChI=1S/C13H18N2O/c1-9-13(12(14-2)7-8-16)10-5-3-4-6-11(10)15-9/h3-6,12,14-16H,7-8H2,1-2H3. The van der Waals surface area contributed by atoms with Gasteiger partial charge in [-0.1, -0.05) is 18.2 Å². The van der Waals surface area contributed by atoms with Crippen LogP contribution in [0.4, 0.5) is 0 Å². The van der Waals surface area contributed by atoms with Gasteiger partial charge >= 0.3 is 0 Å². The van der Waals surface area contributed by atoms with Gasteiger partial charge in [0.05, 0.1) is 0 Å². The van der Waals surface area contributed by atoms with Gasteiger partial charge in [-0.05, 0) is 32.0 Å². The van der Waals surface area contributed by atoms with Gasteiger partial charge in [-0.3, -0.25) is 0 Å². The number of para-hydroxylation sites is 1. The number of H-pyrrole nitrogens is 1. The fraction of sp³-hybridized carbons (Fsp3) is 0.385. The van der Waals surface area contributed by atoms with Gasteiger partial charge in [-0.15, -0.1) is 0 Å². The molecule has 0 aliphatic rings. The van der Waals surface area contributed by atoms with Crippen molar-refractivity contribution in [3.05, 3.63) is 35.5 Å². The quantitative estimate of drug-likeness (QED) is 0.736. The van der Waals surface area contributed by atoms with Crippen LogP contribution in [0.3, 0.4) is 0 Å². The zero-order chi connectivity index (χ0) is 11.5. The predicted molar refractivity (Wildman–Crippen MR) is 66.5 cm³/mol. The number of rotatable bonds is 4. The molecule has 3 nitrogen and oxygen atoms in total. The summed E-state index contributed by atoms with van der Waals surface area (Å²) in [5, 5.41) is 13.6. The number of nitrogens with one attached hydrogen (secondary N) is 2. The Bertz CT molecular complexity index is 476. The summed E-state index contributed by atoms with van der Waals surface area (Å²) in [5.74, 6) is 0. The molecule has 1 heterocycles. The summed E-state index contributed by atoms with van der Waals surface area (Å²) in [6, 6.07) is 8.49. The van der Waals surface area contributed by atoms with Gasteiger partial charge in [0.2, 0.25) is 0 Å². The Morgan fingerprint density at radius 2 is 2.12 bits per heavy atom. The normalized spacial score (nSPS) is 13.2. The molecule has 0 saturated heterocycles. The van der Waals surface area contributed by atoms with E-state index in [-0.39, 0.29) is 12.6 Å². The summed E-state index contributed by atoms with van der Waals surface area (Å²) in [6.07, 6.45) is 0.735. The van der Waals surface area contributed by atoms with Gasteiger partial charge in [0.25, 0.3) is 0 Å². The van der Waals surface area contributed by atoms with Crippen LogP contribution in [0, 0.1) is 6.92 Å². The van der Waals surface area contributed by atoms with Crippen LogP contribution in [-0.2, 0) is 0 Å². The number of aryl methyl sites for hydroxylation is 1. The third-order valence-electron chi connectivity index (χ3n) is 3.06. The fourth-order valence-electron chi connectivity index (χ4n) is 2.31. The lowest BCUT2D eigenvalue weighted by Crippen LogP contribution is -2.18. The third-order valence-corrected chi connectivity index (χ3v) is 3.06. The SMILES string of the molecule is CNC(CCO)c1c(C)[nH]c2ccccc12. The van der Waals surface area contributed by atoms with Crippen LogP contribution in [-0.4, -0.2) is 23.7 Å². The van der Waals surface area contributed by atoms with Gasteiger partial charge in [0.1, 0.15) is 0 Å². The Morgan fingerprint density at radius 3 is 2.81 bits per heavy atom.